The van der Waals surface area contributed by atoms with Crippen molar-refractivity contribution >= 4 is 9.84 Å². The number of likely N-dealkylation sites (tertiary alicyclic amines) is 1. The minimum absolute atomic E-state index is 0.00112. The summed E-state index contributed by atoms with van der Waals surface area (Å²) in [6, 6.07) is 8.06. The van der Waals surface area contributed by atoms with Crippen LogP contribution in [0.2, 0.25) is 0 Å². The van der Waals surface area contributed by atoms with Crippen molar-refractivity contribution in [2.75, 3.05) is 24.6 Å². The van der Waals surface area contributed by atoms with Gasteiger partial charge in [-0.15, -0.1) is 0 Å². The largest absolute Gasteiger partial charge is 0.416 e. The topological polar surface area (TPSA) is 55.2 Å². The molecule has 2 aliphatic heterocycles. The maximum Gasteiger partial charge on any atom is 0.416 e. The maximum absolute atomic E-state index is 13.2. The Balaban J connectivity index is 1.17. The first-order chi connectivity index (χ1) is 15.9. The molecule has 5 nitrogen and oxygen atoms in total. The van der Waals surface area contributed by atoms with Gasteiger partial charge in [0.25, 0.3) is 0 Å². The smallest absolute Gasteiger partial charge is 0.300 e. The van der Waals surface area contributed by atoms with Crippen LogP contribution in [0.25, 0.3) is 11.3 Å². The third-order valence-corrected chi connectivity index (χ3v) is 10.6. The molecular formula is C25H30F3N3O2S. The van der Waals surface area contributed by atoms with Gasteiger partial charge in [-0.1, -0.05) is 12.1 Å². The number of nitrogens with zero attached hydrogens (tertiary/aromatic N) is 3. The van der Waals surface area contributed by atoms with Crippen LogP contribution in [0.1, 0.15) is 56.3 Å². The summed E-state index contributed by atoms with van der Waals surface area (Å²) in [5.74, 6) is 2.27. The molecular weight excluding hydrogens is 463 g/mol. The Morgan fingerprint density at radius 3 is 2.44 bits per heavy atom. The van der Waals surface area contributed by atoms with Crippen molar-refractivity contribution in [2.45, 2.75) is 57.3 Å². The molecule has 34 heavy (non-hydrogen) atoms. The fourth-order valence-electron chi connectivity index (χ4n) is 7.02. The highest BCUT2D eigenvalue weighted by atomic mass is 32.2. The number of fused-ring (bicyclic) bond motifs is 1. The molecule has 2 aliphatic carbocycles. The highest BCUT2D eigenvalue weighted by Crippen LogP contribution is 2.64. The molecule has 2 aromatic rings. The predicted molar refractivity (Wildman–Crippen MR) is 123 cm³/mol. The molecule has 9 heteroatoms. The third kappa shape index (κ3) is 3.70. The van der Waals surface area contributed by atoms with Crippen LogP contribution < -0.4 is 0 Å². The second-order valence-electron chi connectivity index (χ2n) is 11.3. The van der Waals surface area contributed by atoms with Crippen LogP contribution in [0.4, 0.5) is 13.2 Å². The molecule has 2 saturated carbocycles. The van der Waals surface area contributed by atoms with E-state index in [0.717, 1.165) is 44.1 Å². The van der Waals surface area contributed by atoms with Crippen molar-refractivity contribution in [3.63, 3.8) is 0 Å². The minimum Gasteiger partial charge on any atom is -0.300 e. The van der Waals surface area contributed by atoms with E-state index in [-0.39, 0.29) is 11.5 Å². The molecule has 0 bridgehead atoms. The first-order valence-electron chi connectivity index (χ1n) is 12.2. The van der Waals surface area contributed by atoms with Gasteiger partial charge in [0.05, 0.1) is 22.8 Å². The summed E-state index contributed by atoms with van der Waals surface area (Å²) in [6.07, 6.45) is -1.16. The molecule has 3 heterocycles. The SMILES string of the molecule is CC(C)n1nc(-c2cccc(C(F)(F)F)c2)cc1[C@H]1[C@@H]2C[C@@H](N3CCC4(C3)CS(=O)(=O)C4)C[C@@H]21. The molecule has 2 saturated heterocycles. The van der Waals surface area contributed by atoms with Crippen molar-refractivity contribution < 1.29 is 21.6 Å². The number of halogens is 3. The third-order valence-electron chi connectivity index (χ3n) is 8.54. The van der Waals surface area contributed by atoms with Gasteiger partial charge >= 0.3 is 6.18 Å². The zero-order chi connectivity index (χ0) is 24.0. The van der Waals surface area contributed by atoms with Crippen LogP contribution in [0, 0.1) is 17.3 Å². The minimum atomic E-state index is -4.38. The molecule has 4 atom stereocenters. The van der Waals surface area contributed by atoms with Gasteiger partial charge in [-0.05, 0) is 69.7 Å². The predicted octanol–water partition coefficient (Wildman–Crippen LogP) is 4.76. The molecule has 0 amide bonds. The lowest BCUT2D eigenvalue weighted by Crippen LogP contribution is -2.50. The molecule has 1 spiro atoms. The average molecular weight is 494 g/mol. The maximum atomic E-state index is 13.2. The first kappa shape index (κ1) is 22.6. The Bertz CT molecular complexity index is 1210. The number of sulfone groups is 1. The van der Waals surface area contributed by atoms with Crippen molar-refractivity contribution in [3.8, 4) is 11.3 Å². The summed E-state index contributed by atoms with van der Waals surface area (Å²) < 4.78 is 65.0. The highest BCUT2D eigenvalue weighted by Gasteiger charge is 2.60. The van der Waals surface area contributed by atoms with Gasteiger partial charge in [-0.2, -0.15) is 18.3 Å². The fraction of sp³-hybridized carbons (Fsp3) is 0.640. The van der Waals surface area contributed by atoms with Crippen LogP contribution in [0.5, 0.6) is 0 Å². The molecule has 184 valence electrons. The van der Waals surface area contributed by atoms with E-state index in [9.17, 15) is 21.6 Å². The monoisotopic (exact) mass is 493 g/mol. The molecule has 0 radical (unpaired) electrons. The average Bonchev–Trinajstić information content (AvgIpc) is 3.18. The van der Waals surface area contributed by atoms with E-state index >= 15 is 0 Å². The van der Waals surface area contributed by atoms with E-state index in [1.807, 2.05) is 10.7 Å². The van der Waals surface area contributed by atoms with Gasteiger partial charge in [0.1, 0.15) is 0 Å². The van der Waals surface area contributed by atoms with E-state index in [1.165, 1.54) is 12.1 Å². The van der Waals surface area contributed by atoms with Gasteiger partial charge < -0.3 is 0 Å². The van der Waals surface area contributed by atoms with Crippen LogP contribution in [0.3, 0.4) is 0 Å². The van der Waals surface area contributed by atoms with E-state index < -0.39 is 21.6 Å². The second kappa shape index (κ2) is 7.32. The van der Waals surface area contributed by atoms with Crippen molar-refractivity contribution in [2.24, 2.45) is 17.3 Å². The quantitative estimate of drug-likeness (QED) is 0.616. The van der Waals surface area contributed by atoms with Gasteiger partial charge in [0, 0.05) is 41.2 Å². The summed E-state index contributed by atoms with van der Waals surface area (Å²) in [7, 11) is -2.81. The number of aromatic nitrogens is 2. The van der Waals surface area contributed by atoms with E-state index in [2.05, 4.69) is 18.7 Å². The molecule has 6 rings (SSSR count). The molecule has 1 aromatic heterocycles. The van der Waals surface area contributed by atoms with Crippen LogP contribution >= 0.6 is 0 Å². The zero-order valence-electron chi connectivity index (χ0n) is 19.4. The van der Waals surface area contributed by atoms with E-state index in [4.69, 9.17) is 5.10 Å². The molecule has 1 aromatic carbocycles. The van der Waals surface area contributed by atoms with Crippen LogP contribution in [-0.4, -0.2) is 53.7 Å². The van der Waals surface area contributed by atoms with Crippen molar-refractivity contribution in [1.29, 1.82) is 0 Å². The summed E-state index contributed by atoms with van der Waals surface area (Å²) in [6.45, 7) is 6.02. The summed E-state index contributed by atoms with van der Waals surface area (Å²) >= 11 is 0. The normalized spacial score (nSPS) is 31.7. The van der Waals surface area contributed by atoms with Crippen LogP contribution in [-0.2, 0) is 16.0 Å². The van der Waals surface area contributed by atoms with Gasteiger partial charge in [-0.25, -0.2) is 8.42 Å². The fourth-order valence-corrected chi connectivity index (χ4v) is 9.28. The number of benzene rings is 1. The summed E-state index contributed by atoms with van der Waals surface area (Å²) in [5, 5.41) is 4.72. The van der Waals surface area contributed by atoms with E-state index in [0.29, 0.717) is 46.6 Å². The second-order valence-corrected chi connectivity index (χ2v) is 13.4. The molecule has 0 N–H and O–H groups in total. The number of hydrogen-bond acceptors (Lipinski definition) is 4. The molecule has 4 aliphatic rings. The standard InChI is InChI=1S/C25H30F3N3O2S/c1-15(2)31-22(11-21(29-31)16-4-3-5-17(8-16)25(26,27)28)23-19-9-18(10-20(19)23)30-7-6-24(12-30)13-34(32,33)14-24/h3-5,8,11,15,18-20,23H,6-7,9-10,12-14H2,1-2H3/t18-,19-,20+,23+. The Kier molecular flexibility index (Phi) is 4.86. The summed E-state index contributed by atoms with van der Waals surface area (Å²) in [4.78, 5) is 2.52. The summed E-state index contributed by atoms with van der Waals surface area (Å²) in [5.41, 5.74) is 1.58. The first-order valence-corrected chi connectivity index (χ1v) is 14.0. The Morgan fingerprint density at radius 2 is 1.82 bits per heavy atom. The van der Waals surface area contributed by atoms with Crippen molar-refractivity contribution in [3.05, 3.63) is 41.6 Å². The number of hydrogen-bond donors (Lipinski definition) is 0. The zero-order valence-corrected chi connectivity index (χ0v) is 20.2. The number of rotatable bonds is 4. The van der Waals surface area contributed by atoms with Crippen molar-refractivity contribution in [1.82, 2.24) is 14.7 Å². The Hall–Kier alpha value is -1.87. The highest BCUT2D eigenvalue weighted by molar-refractivity contribution is 7.92. The van der Waals surface area contributed by atoms with Gasteiger partial charge in [-0.3, -0.25) is 9.58 Å². The lowest BCUT2D eigenvalue weighted by atomic mass is 9.91. The van der Waals surface area contributed by atoms with E-state index in [1.54, 1.807) is 6.07 Å². The van der Waals surface area contributed by atoms with Crippen LogP contribution in [0.15, 0.2) is 30.3 Å². The lowest BCUT2D eigenvalue weighted by Gasteiger charge is -2.38. The van der Waals surface area contributed by atoms with Gasteiger partial charge in [0.15, 0.2) is 9.84 Å². The Morgan fingerprint density at radius 1 is 1.12 bits per heavy atom. The van der Waals surface area contributed by atoms with Gasteiger partial charge in [0.2, 0.25) is 0 Å². The molecule has 0 unspecified atom stereocenters. The lowest BCUT2D eigenvalue weighted by molar-refractivity contribution is -0.137. The Labute approximate surface area is 198 Å². The molecule has 4 fully saturated rings. The number of alkyl halides is 3.